The molecule has 0 radical (unpaired) electrons. The van der Waals surface area contributed by atoms with Crippen LogP contribution in [0.25, 0.3) is 0 Å². The molecule has 1 N–H and O–H groups in total. The van der Waals surface area contributed by atoms with Crippen LogP contribution in [0.3, 0.4) is 0 Å². The Hall–Kier alpha value is -1.81. The highest BCUT2D eigenvalue weighted by Gasteiger charge is 2.34. The molecule has 0 saturated heterocycles. The Morgan fingerprint density at radius 2 is 1.76 bits per heavy atom. The van der Waals surface area contributed by atoms with E-state index in [0.717, 1.165) is 23.6 Å². The van der Waals surface area contributed by atoms with Crippen molar-refractivity contribution in [3.05, 3.63) is 70.8 Å². The maximum atomic E-state index is 13.2. The minimum Gasteiger partial charge on any atom is -0.309 e. The number of alkyl halides is 3. The summed E-state index contributed by atoms with van der Waals surface area (Å²) in [7, 11) is 1.68. The summed E-state index contributed by atoms with van der Waals surface area (Å²) in [5.74, 6) is 0. The lowest BCUT2D eigenvalue weighted by Gasteiger charge is -2.22. The van der Waals surface area contributed by atoms with Gasteiger partial charge in [0.15, 0.2) is 0 Å². The van der Waals surface area contributed by atoms with E-state index < -0.39 is 17.8 Å². The van der Waals surface area contributed by atoms with Gasteiger partial charge in [0.25, 0.3) is 0 Å². The van der Waals surface area contributed by atoms with Crippen LogP contribution in [0.1, 0.15) is 35.2 Å². The van der Waals surface area contributed by atoms with Crippen LogP contribution in [-0.2, 0) is 12.6 Å². The van der Waals surface area contributed by atoms with Gasteiger partial charge in [-0.1, -0.05) is 49.4 Å². The van der Waals surface area contributed by atoms with Crippen molar-refractivity contribution in [1.29, 1.82) is 0 Å². The number of benzene rings is 2. The molecule has 0 fully saturated rings. The number of hydrogen-bond acceptors (Lipinski definition) is 1. The summed E-state index contributed by atoms with van der Waals surface area (Å²) in [6, 6.07) is 12.9. The summed E-state index contributed by atoms with van der Waals surface area (Å²) >= 11 is 0. The largest absolute Gasteiger partial charge is 0.416 e. The van der Waals surface area contributed by atoms with Crippen LogP contribution in [0.5, 0.6) is 0 Å². The third-order valence-electron chi connectivity index (χ3n) is 3.56. The molecule has 1 atom stereocenters. The molecule has 0 aliphatic rings. The molecule has 2 rings (SSSR count). The van der Waals surface area contributed by atoms with Gasteiger partial charge in [-0.15, -0.1) is 0 Å². The van der Waals surface area contributed by atoms with Gasteiger partial charge < -0.3 is 5.32 Å². The molecule has 2 aromatic carbocycles. The van der Waals surface area contributed by atoms with Gasteiger partial charge in [-0.25, -0.2) is 0 Å². The summed E-state index contributed by atoms with van der Waals surface area (Å²) in [4.78, 5) is 0. The number of nitrogens with one attached hydrogen (secondary N) is 1. The molecule has 1 nitrogen and oxygen atoms in total. The minimum atomic E-state index is -4.35. The highest BCUT2D eigenvalue weighted by Crippen LogP contribution is 2.36. The highest BCUT2D eigenvalue weighted by atomic mass is 19.4. The molecule has 4 heteroatoms. The Bertz CT molecular complexity index is 605. The van der Waals surface area contributed by atoms with Crippen LogP contribution >= 0.6 is 0 Å². The normalized spacial score (nSPS) is 13.2. The fraction of sp³-hybridized carbons (Fsp3) is 0.294. The Labute approximate surface area is 122 Å². The van der Waals surface area contributed by atoms with Gasteiger partial charge in [-0.2, -0.15) is 13.2 Å². The van der Waals surface area contributed by atoms with Crippen LogP contribution in [0.15, 0.2) is 48.5 Å². The Morgan fingerprint density at radius 1 is 1.05 bits per heavy atom. The molecule has 0 bridgehead atoms. The van der Waals surface area contributed by atoms with Crippen molar-refractivity contribution < 1.29 is 13.2 Å². The summed E-state index contributed by atoms with van der Waals surface area (Å²) in [6.07, 6.45) is -3.50. The zero-order chi connectivity index (χ0) is 15.5. The van der Waals surface area contributed by atoms with Gasteiger partial charge in [-0.3, -0.25) is 0 Å². The smallest absolute Gasteiger partial charge is 0.309 e. The first-order valence-corrected chi connectivity index (χ1v) is 6.89. The Balaban J connectivity index is 2.51. The van der Waals surface area contributed by atoms with Gasteiger partial charge in [0.1, 0.15) is 0 Å². The zero-order valence-corrected chi connectivity index (χ0v) is 12.0. The lowest BCUT2D eigenvalue weighted by atomic mass is 9.93. The highest BCUT2D eigenvalue weighted by molar-refractivity contribution is 5.40. The third kappa shape index (κ3) is 3.45. The van der Waals surface area contributed by atoms with Crippen molar-refractivity contribution >= 4 is 0 Å². The molecule has 0 spiro atoms. The quantitative estimate of drug-likeness (QED) is 0.870. The lowest BCUT2D eigenvalue weighted by molar-refractivity contribution is -0.138. The Kier molecular flexibility index (Phi) is 4.68. The molecule has 0 heterocycles. The van der Waals surface area contributed by atoms with Crippen molar-refractivity contribution in [3.63, 3.8) is 0 Å². The van der Waals surface area contributed by atoms with E-state index >= 15 is 0 Å². The number of aryl methyl sites for hydroxylation is 1. The average molecular weight is 293 g/mol. The fourth-order valence-corrected chi connectivity index (χ4v) is 2.50. The van der Waals surface area contributed by atoms with Crippen molar-refractivity contribution in [3.8, 4) is 0 Å². The van der Waals surface area contributed by atoms with Crippen molar-refractivity contribution in [2.75, 3.05) is 7.05 Å². The molecular weight excluding hydrogens is 275 g/mol. The molecule has 1 unspecified atom stereocenters. The maximum Gasteiger partial charge on any atom is 0.416 e. The van der Waals surface area contributed by atoms with E-state index in [4.69, 9.17) is 0 Å². The molecule has 0 amide bonds. The molecule has 0 saturated carbocycles. The monoisotopic (exact) mass is 293 g/mol. The van der Waals surface area contributed by atoms with Gasteiger partial charge in [0.05, 0.1) is 11.6 Å². The summed E-state index contributed by atoms with van der Waals surface area (Å²) in [6.45, 7) is 2.02. The molecule has 0 aliphatic heterocycles. The first-order valence-electron chi connectivity index (χ1n) is 6.89. The fourth-order valence-electron chi connectivity index (χ4n) is 2.50. The van der Waals surface area contributed by atoms with E-state index in [1.54, 1.807) is 13.1 Å². The van der Waals surface area contributed by atoms with Crippen LogP contribution in [-0.4, -0.2) is 7.05 Å². The van der Waals surface area contributed by atoms with Crippen molar-refractivity contribution in [2.45, 2.75) is 25.6 Å². The summed E-state index contributed by atoms with van der Waals surface area (Å²) < 4.78 is 39.5. The molecule has 112 valence electrons. The SMILES string of the molecule is CCc1cccc(C(NC)c2ccccc2C(F)(F)F)c1. The van der Waals surface area contributed by atoms with E-state index in [0.29, 0.717) is 0 Å². The van der Waals surface area contributed by atoms with E-state index in [9.17, 15) is 13.2 Å². The van der Waals surface area contributed by atoms with E-state index in [1.807, 2.05) is 31.2 Å². The molecular formula is C17H18F3N. The second-order valence-corrected chi connectivity index (χ2v) is 4.91. The first-order chi connectivity index (χ1) is 9.97. The van der Waals surface area contributed by atoms with Gasteiger partial charge in [0.2, 0.25) is 0 Å². The van der Waals surface area contributed by atoms with Crippen LogP contribution < -0.4 is 5.32 Å². The topological polar surface area (TPSA) is 12.0 Å². The predicted molar refractivity (Wildman–Crippen MR) is 78.2 cm³/mol. The van der Waals surface area contributed by atoms with Crippen molar-refractivity contribution in [2.24, 2.45) is 0 Å². The summed E-state index contributed by atoms with van der Waals surface area (Å²) in [5, 5.41) is 3.00. The molecule has 2 aromatic rings. The second kappa shape index (κ2) is 6.31. The molecule has 0 aromatic heterocycles. The number of hydrogen-bond donors (Lipinski definition) is 1. The van der Waals surface area contributed by atoms with E-state index in [1.165, 1.54) is 12.1 Å². The standard InChI is InChI=1S/C17H18F3N/c1-3-12-7-6-8-13(11-12)16(21-2)14-9-4-5-10-15(14)17(18,19)20/h4-11,16,21H,3H2,1-2H3. The van der Waals surface area contributed by atoms with Crippen LogP contribution in [0.4, 0.5) is 13.2 Å². The van der Waals surface area contributed by atoms with Crippen LogP contribution in [0.2, 0.25) is 0 Å². The first kappa shape index (κ1) is 15.6. The Morgan fingerprint density at radius 3 is 2.38 bits per heavy atom. The third-order valence-corrected chi connectivity index (χ3v) is 3.56. The van der Waals surface area contributed by atoms with Gasteiger partial charge in [0, 0.05) is 0 Å². The predicted octanol–water partition coefficient (Wildman–Crippen LogP) is 4.58. The number of halogens is 3. The van der Waals surface area contributed by atoms with Crippen LogP contribution in [0, 0.1) is 0 Å². The van der Waals surface area contributed by atoms with Crippen molar-refractivity contribution in [1.82, 2.24) is 5.32 Å². The summed E-state index contributed by atoms with van der Waals surface area (Å²) in [5.41, 5.74) is 1.61. The maximum absolute atomic E-state index is 13.2. The molecule has 0 aliphatic carbocycles. The minimum absolute atomic E-state index is 0.251. The number of rotatable bonds is 4. The zero-order valence-electron chi connectivity index (χ0n) is 12.0. The van der Waals surface area contributed by atoms with E-state index in [-0.39, 0.29) is 5.56 Å². The van der Waals surface area contributed by atoms with E-state index in [2.05, 4.69) is 5.32 Å². The van der Waals surface area contributed by atoms with Gasteiger partial charge in [-0.05, 0) is 36.2 Å². The molecule has 21 heavy (non-hydrogen) atoms. The lowest BCUT2D eigenvalue weighted by Crippen LogP contribution is -2.22. The average Bonchev–Trinajstić information content (AvgIpc) is 2.48. The van der Waals surface area contributed by atoms with Gasteiger partial charge >= 0.3 is 6.18 Å². The second-order valence-electron chi connectivity index (χ2n) is 4.91.